The van der Waals surface area contributed by atoms with E-state index in [9.17, 15) is 9.59 Å². The van der Waals surface area contributed by atoms with Gasteiger partial charge in [-0.05, 0) is 45.5 Å². The molecule has 0 atom stereocenters. The second-order valence-electron chi connectivity index (χ2n) is 6.35. The van der Waals surface area contributed by atoms with Crippen LogP contribution in [0.3, 0.4) is 0 Å². The molecular weight excluding hydrogens is 320 g/mol. The molecule has 0 saturated heterocycles. The largest absolute Gasteiger partial charge is 0.383 e. The van der Waals surface area contributed by atoms with E-state index >= 15 is 0 Å². The number of amides is 1. The smallest absolute Gasteiger partial charge is 0.266 e. The number of ether oxygens (including phenoxy) is 1. The van der Waals surface area contributed by atoms with Crippen molar-refractivity contribution in [3.63, 3.8) is 0 Å². The Hall–Kier alpha value is -2.17. The first-order valence-corrected chi connectivity index (χ1v) is 8.35. The Kier molecular flexibility index (Phi) is 8.32. The third-order valence-corrected chi connectivity index (χ3v) is 4.24. The van der Waals surface area contributed by atoms with Crippen LogP contribution in [0, 0.1) is 25.2 Å². The first kappa shape index (κ1) is 20.9. The highest BCUT2D eigenvalue weighted by molar-refractivity contribution is 5.76. The maximum absolute atomic E-state index is 12.6. The Morgan fingerprint density at radius 3 is 2.48 bits per heavy atom. The van der Waals surface area contributed by atoms with Crippen molar-refractivity contribution in [3.8, 4) is 6.07 Å². The molecule has 7 heteroatoms. The molecule has 1 rings (SSSR count). The lowest BCUT2D eigenvalue weighted by atomic mass is 9.99. The summed E-state index contributed by atoms with van der Waals surface area (Å²) in [5.41, 5.74) is 1.99. The Morgan fingerprint density at radius 1 is 1.24 bits per heavy atom. The van der Waals surface area contributed by atoms with E-state index < -0.39 is 0 Å². The number of rotatable bonds is 9. The van der Waals surface area contributed by atoms with Crippen LogP contribution in [0.1, 0.15) is 28.8 Å². The highest BCUT2D eigenvalue weighted by atomic mass is 16.5. The summed E-state index contributed by atoms with van der Waals surface area (Å²) in [6.45, 7) is 6.02. The predicted octanol–water partition coefficient (Wildman–Crippen LogP) is 0.833. The van der Waals surface area contributed by atoms with Crippen molar-refractivity contribution in [1.82, 2.24) is 14.8 Å². The summed E-state index contributed by atoms with van der Waals surface area (Å²) in [6, 6.07) is 1.94. The fourth-order valence-corrected chi connectivity index (χ4v) is 2.69. The summed E-state index contributed by atoms with van der Waals surface area (Å²) in [7, 11) is 5.55. The molecule has 0 aliphatic carbocycles. The van der Waals surface area contributed by atoms with E-state index in [-0.39, 0.29) is 17.0 Å². The van der Waals surface area contributed by atoms with Crippen molar-refractivity contribution >= 4 is 5.91 Å². The lowest BCUT2D eigenvalue weighted by Crippen LogP contribution is -2.39. The third kappa shape index (κ3) is 6.00. The zero-order chi connectivity index (χ0) is 19.0. The number of carbonyl (C=O) groups is 1. The van der Waals surface area contributed by atoms with Gasteiger partial charge in [0.25, 0.3) is 5.56 Å². The maximum Gasteiger partial charge on any atom is 0.266 e. The standard InChI is InChI=1S/C18H28N4O3/c1-13-15(14(2)20-18(24)16(13)12-19)6-7-17(23)22(10-11-25-5)9-8-21(3)4/h6-11H2,1-5H3,(H,20,24). The van der Waals surface area contributed by atoms with Crippen molar-refractivity contribution < 1.29 is 9.53 Å². The molecule has 0 bridgehead atoms. The van der Waals surface area contributed by atoms with Crippen molar-refractivity contribution in [2.24, 2.45) is 0 Å². The van der Waals surface area contributed by atoms with E-state index in [1.54, 1.807) is 25.9 Å². The first-order valence-electron chi connectivity index (χ1n) is 8.35. The minimum atomic E-state index is -0.375. The van der Waals surface area contributed by atoms with E-state index in [1.165, 1.54) is 0 Å². The van der Waals surface area contributed by atoms with Crippen molar-refractivity contribution in [3.05, 3.63) is 32.7 Å². The molecule has 25 heavy (non-hydrogen) atoms. The third-order valence-electron chi connectivity index (χ3n) is 4.24. The molecule has 0 aliphatic rings. The predicted molar refractivity (Wildman–Crippen MR) is 96.6 cm³/mol. The van der Waals surface area contributed by atoms with Gasteiger partial charge in [0.15, 0.2) is 0 Å². The number of hydrogen-bond acceptors (Lipinski definition) is 5. The summed E-state index contributed by atoms with van der Waals surface area (Å²) in [4.78, 5) is 30.9. The Labute approximate surface area is 149 Å². The number of methoxy groups -OCH3 is 1. The zero-order valence-corrected chi connectivity index (χ0v) is 15.8. The lowest BCUT2D eigenvalue weighted by molar-refractivity contribution is -0.132. The molecule has 1 aromatic heterocycles. The molecule has 1 N–H and O–H groups in total. The van der Waals surface area contributed by atoms with Crippen molar-refractivity contribution in [1.29, 1.82) is 5.26 Å². The fourth-order valence-electron chi connectivity index (χ4n) is 2.69. The molecule has 1 aromatic rings. The molecular formula is C18H28N4O3. The number of nitriles is 1. The Bertz CT molecular complexity index is 689. The molecule has 7 nitrogen and oxygen atoms in total. The van der Waals surface area contributed by atoms with Gasteiger partial charge in [0.2, 0.25) is 5.91 Å². The van der Waals surface area contributed by atoms with E-state index in [0.29, 0.717) is 43.8 Å². The second-order valence-corrected chi connectivity index (χ2v) is 6.35. The molecule has 138 valence electrons. The number of aromatic nitrogens is 1. The number of H-pyrrole nitrogens is 1. The molecule has 0 aliphatic heterocycles. The summed E-state index contributed by atoms with van der Waals surface area (Å²) >= 11 is 0. The molecule has 0 saturated carbocycles. The molecule has 1 heterocycles. The molecule has 0 fully saturated rings. The van der Waals surface area contributed by atoms with Crippen LogP contribution in [-0.2, 0) is 16.0 Å². The van der Waals surface area contributed by atoms with Gasteiger partial charge in [0, 0.05) is 38.9 Å². The van der Waals surface area contributed by atoms with Crippen LogP contribution in [0.25, 0.3) is 0 Å². The van der Waals surface area contributed by atoms with Crippen LogP contribution in [0.15, 0.2) is 4.79 Å². The van der Waals surface area contributed by atoms with E-state index in [0.717, 1.165) is 12.1 Å². The van der Waals surface area contributed by atoms with Gasteiger partial charge in [0.1, 0.15) is 11.6 Å². The van der Waals surface area contributed by atoms with E-state index in [1.807, 2.05) is 25.1 Å². The molecule has 0 unspecified atom stereocenters. The van der Waals surface area contributed by atoms with E-state index in [4.69, 9.17) is 10.00 Å². The van der Waals surface area contributed by atoms with Gasteiger partial charge >= 0.3 is 0 Å². The van der Waals surface area contributed by atoms with E-state index in [2.05, 4.69) is 4.98 Å². The van der Waals surface area contributed by atoms with Crippen LogP contribution < -0.4 is 5.56 Å². The topological polar surface area (TPSA) is 89.4 Å². The SMILES string of the molecule is COCCN(CCN(C)C)C(=O)CCc1c(C)[nH]c(=O)c(C#N)c1C. The number of aromatic amines is 1. The maximum atomic E-state index is 12.6. The normalized spacial score (nSPS) is 10.8. The number of pyridine rings is 1. The van der Waals surface area contributed by atoms with Crippen molar-refractivity contribution in [2.45, 2.75) is 26.7 Å². The van der Waals surface area contributed by atoms with Crippen LogP contribution in [0.2, 0.25) is 0 Å². The zero-order valence-electron chi connectivity index (χ0n) is 15.8. The quantitative estimate of drug-likeness (QED) is 0.714. The highest BCUT2D eigenvalue weighted by Crippen LogP contribution is 2.15. The van der Waals surface area contributed by atoms with Gasteiger partial charge in [-0.1, -0.05) is 0 Å². The fraction of sp³-hybridized carbons (Fsp3) is 0.611. The Morgan fingerprint density at radius 2 is 1.92 bits per heavy atom. The van der Waals surface area contributed by atoms with Gasteiger partial charge < -0.3 is 19.5 Å². The lowest BCUT2D eigenvalue weighted by Gasteiger charge is -2.24. The average Bonchev–Trinajstić information content (AvgIpc) is 2.54. The number of aryl methyl sites for hydroxylation is 1. The number of nitrogens with one attached hydrogen (secondary N) is 1. The number of hydrogen-bond donors (Lipinski definition) is 1. The van der Waals surface area contributed by atoms with Gasteiger partial charge in [-0.15, -0.1) is 0 Å². The van der Waals surface area contributed by atoms with Gasteiger partial charge in [-0.25, -0.2) is 0 Å². The van der Waals surface area contributed by atoms with Crippen LogP contribution in [0.4, 0.5) is 0 Å². The summed E-state index contributed by atoms with van der Waals surface area (Å²) in [5, 5.41) is 9.14. The summed E-state index contributed by atoms with van der Waals surface area (Å²) < 4.78 is 5.09. The second kappa shape index (κ2) is 9.97. The number of nitrogens with zero attached hydrogens (tertiary/aromatic N) is 3. The molecule has 1 amide bonds. The molecule has 0 radical (unpaired) electrons. The highest BCUT2D eigenvalue weighted by Gasteiger charge is 2.17. The van der Waals surface area contributed by atoms with Crippen molar-refractivity contribution in [2.75, 3.05) is 47.4 Å². The minimum absolute atomic E-state index is 0.0439. The molecule has 0 spiro atoms. The monoisotopic (exact) mass is 348 g/mol. The van der Waals surface area contributed by atoms with Gasteiger partial charge in [0.05, 0.1) is 6.61 Å². The summed E-state index contributed by atoms with van der Waals surface area (Å²) in [5.74, 6) is 0.0439. The first-order chi connectivity index (χ1) is 11.8. The summed E-state index contributed by atoms with van der Waals surface area (Å²) in [6.07, 6.45) is 0.823. The van der Waals surface area contributed by atoms with Gasteiger partial charge in [-0.2, -0.15) is 5.26 Å². The van der Waals surface area contributed by atoms with Crippen LogP contribution >= 0.6 is 0 Å². The van der Waals surface area contributed by atoms with Crippen LogP contribution in [-0.4, -0.2) is 68.1 Å². The Balaban J connectivity index is 2.85. The number of carbonyl (C=O) groups excluding carboxylic acids is 1. The minimum Gasteiger partial charge on any atom is -0.383 e. The molecule has 0 aromatic carbocycles. The van der Waals surface area contributed by atoms with Gasteiger partial charge in [-0.3, -0.25) is 9.59 Å². The van der Waals surface area contributed by atoms with Crippen LogP contribution in [0.5, 0.6) is 0 Å². The average molecular weight is 348 g/mol. The number of likely N-dealkylation sites (N-methyl/N-ethyl adjacent to an activating group) is 1.